The smallest absolute Gasteiger partial charge is 0.345 e. The number of nitrogens with one attached hydrogen (secondary N) is 1. The van der Waals surface area contributed by atoms with Crippen molar-refractivity contribution in [2.45, 2.75) is 85.8 Å². The molecule has 244 valence electrons. The average molecular weight is 629 g/mol. The second kappa shape index (κ2) is 13.1. The van der Waals surface area contributed by atoms with Crippen LogP contribution in [0.3, 0.4) is 0 Å². The van der Waals surface area contributed by atoms with Gasteiger partial charge in [0, 0.05) is 22.3 Å². The summed E-state index contributed by atoms with van der Waals surface area (Å²) < 4.78 is 6.97. The van der Waals surface area contributed by atoms with Gasteiger partial charge in [-0.05, 0) is 51.8 Å². The summed E-state index contributed by atoms with van der Waals surface area (Å²) in [4.78, 5) is 54.9. The molecule has 11 heteroatoms. The van der Waals surface area contributed by atoms with Crippen LogP contribution in [0.25, 0.3) is 10.9 Å². The zero-order valence-electron chi connectivity index (χ0n) is 27.6. The maximum absolute atomic E-state index is 14.2. The van der Waals surface area contributed by atoms with Crippen LogP contribution >= 0.6 is 0 Å². The summed E-state index contributed by atoms with van der Waals surface area (Å²) in [6, 6.07) is 12.3. The fraction of sp³-hybridized carbons (Fsp3) is 0.486. The number of fused-ring (bicyclic) bond motifs is 2. The normalized spacial score (nSPS) is 16.1. The molecular weight excluding hydrogens is 584 g/mol. The Morgan fingerprint density at radius 3 is 2.33 bits per heavy atom. The van der Waals surface area contributed by atoms with Crippen molar-refractivity contribution >= 4 is 51.7 Å². The van der Waals surface area contributed by atoms with Gasteiger partial charge < -0.3 is 10.1 Å². The zero-order valence-corrected chi connectivity index (χ0v) is 27.6. The molecule has 0 saturated heterocycles. The van der Waals surface area contributed by atoms with Gasteiger partial charge in [-0.1, -0.05) is 64.3 Å². The lowest BCUT2D eigenvalue weighted by molar-refractivity contribution is -0.155. The molecule has 0 bridgehead atoms. The quantitative estimate of drug-likeness (QED) is 0.298. The molecule has 1 fully saturated rings. The van der Waals surface area contributed by atoms with E-state index in [0.717, 1.165) is 43.4 Å². The summed E-state index contributed by atoms with van der Waals surface area (Å²) in [6.07, 6.45) is 6.76. The predicted octanol–water partition coefficient (Wildman–Crippen LogP) is 6.16. The summed E-state index contributed by atoms with van der Waals surface area (Å²) in [5, 5.41) is 14.0. The van der Waals surface area contributed by atoms with Gasteiger partial charge in [0.05, 0.1) is 35.3 Å². The third kappa shape index (κ3) is 7.46. The van der Waals surface area contributed by atoms with Crippen molar-refractivity contribution in [3.63, 3.8) is 0 Å². The number of hydrogen-bond acceptors (Lipinski definition) is 7. The molecule has 0 spiro atoms. The van der Waals surface area contributed by atoms with Crippen LogP contribution in [-0.4, -0.2) is 62.9 Å². The van der Waals surface area contributed by atoms with Crippen LogP contribution in [0.5, 0.6) is 0 Å². The minimum absolute atomic E-state index is 0.0806. The second-order valence-corrected chi connectivity index (χ2v) is 14.1. The summed E-state index contributed by atoms with van der Waals surface area (Å²) >= 11 is 0. The van der Waals surface area contributed by atoms with E-state index < -0.39 is 28.9 Å². The lowest BCUT2D eigenvalue weighted by Crippen LogP contribution is -2.47. The number of esters is 1. The van der Waals surface area contributed by atoms with Gasteiger partial charge in [0.2, 0.25) is 5.91 Å². The molecule has 1 N–H and O–H groups in total. The molecule has 0 radical (unpaired) electrons. The number of rotatable bonds is 8. The molecule has 5 rings (SSSR count). The molecule has 46 heavy (non-hydrogen) atoms. The van der Waals surface area contributed by atoms with Gasteiger partial charge in [-0.2, -0.15) is 10.2 Å². The number of benzene rings is 2. The third-order valence-corrected chi connectivity index (χ3v) is 8.23. The lowest BCUT2D eigenvalue weighted by atomic mass is 9.83. The van der Waals surface area contributed by atoms with E-state index in [0.29, 0.717) is 22.3 Å². The maximum atomic E-state index is 14.2. The van der Waals surface area contributed by atoms with Gasteiger partial charge in [-0.3, -0.25) is 24.0 Å². The van der Waals surface area contributed by atoms with Crippen molar-refractivity contribution in [1.82, 2.24) is 14.8 Å². The second-order valence-electron chi connectivity index (χ2n) is 14.1. The van der Waals surface area contributed by atoms with Crippen molar-refractivity contribution in [3.05, 3.63) is 54.2 Å². The van der Waals surface area contributed by atoms with E-state index in [-0.39, 0.29) is 31.3 Å². The van der Waals surface area contributed by atoms with Crippen LogP contribution in [0, 0.1) is 11.3 Å². The number of para-hydroxylation sites is 1. The molecule has 1 aromatic heterocycles. The highest BCUT2D eigenvalue weighted by Gasteiger charge is 2.36. The van der Waals surface area contributed by atoms with Crippen LogP contribution in [0.2, 0.25) is 0 Å². The number of aromatic nitrogens is 2. The number of urea groups is 1. The summed E-state index contributed by atoms with van der Waals surface area (Å²) in [5.41, 5.74) is 2.06. The monoisotopic (exact) mass is 628 g/mol. The SMILES string of the molecule is CC(C)(C)OC(=O)Cn1ncc2c(NC(=O)CN3N=C(C4CCCCC4)c4ccccc4N(CC(=O)C(C)(C)C)C3=O)cccc21. The Hall–Kier alpha value is -4.54. The van der Waals surface area contributed by atoms with E-state index in [1.165, 1.54) is 14.6 Å². The molecule has 1 saturated carbocycles. The minimum atomic E-state index is -0.663. The Balaban J connectivity index is 1.43. The molecule has 2 aliphatic rings. The fourth-order valence-corrected chi connectivity index (χ4v) is 5.87. The standard InChI is InChI=1S/C35H44N6O5/c1-34(2,3)29(42)20-39-27-17-11-10-15-24(27)32(23-13-8-7-9-14-23)38-41(33(39)45)21-30(43)37-26-16-12-18-28-25(26)19-36-40(28)22-31(44)46-35(4,5)6/h10-12,15-19,23H,7-9,13-14,20-22H2,1-6H3,(H,37,43). The number of amides is 3. The molecule has 2 heterocycles. The van der Waals surface area contributed by atoms with Crippen molar-refractivity contribution < 1.29 is 23.9 Å². The number of nitrogens with zero attached hydrogens (tertiary/aromatic N) is 5. The highest BCUT2D eigenvalue weighted by Crippen LogP contribution is 2.35. The van der Waals surface area contributed by atoms with Gasteiger partial charge in [0.1, 0.15) is 18.7 Å². The molecule has 3 amide bonds. The van der Waals surface area contributed by atoms with E-state index >= 15 is 0 Å². The number of ether oxygens (including phenoxy) is 1. The molecule has 1 aliphatic heterocycles. The van der Waals surface area contributed by atoms with Crippen molar-refractivity contribution in [1.29, 1.82) is 0 Å². The number of Topliss-reactive ketones (excluding diaryl/α,β-unsaturated/α-hetero) is 1. The molecule has 0 unspecified atom stereocenters. The number of hydrogen-bond donors (Lipinski definition) is 1. The Labute approximate surface area is 269 Å². The van der Waals surface area contributed by atoms with Gasteiger partial charge in [0.15, 0.2) is 5.78 Å². The van der Waals surface area contributed by atoms with Gasteiger partial charge in [-0.15, -0.1) is 0 Å². The molecule has 11 nitrogen and oxygen atoms in total. The Kier molecular flexibility index (Phi) is 9.32. The number of carbonyl (C=O) groups excluding carboxylic acids is 4. The first-order valence-corrected chi connectivity index (χ1v) is 16.0. The maximum Gasteiger partial charge on any atom is 0.345 e. The molecule has 0 atom stereocenters. The van der Waals surface area contributed by atoms with Gasteiger partial charge in [-0.25, -0.2) is 9.80 Å². The number of hydrazone groups is 1. The average Bonchev–Trinajstić information content (AvgIpc) is 3.35. The zero-order chi connectivity index (χ0) is 33.2. The van der Waals surface area contributed by atoms with Crippen LogP contribution in [0.1, 0.15) is 79.2 Å². The highest BCUT2D eigenvalue weighted by molar-refractivity contribution is 6.13. The van der Waals surface area contributed by atoms with Crippen LogP contribution < -0.4 is 10.2 Å². The first-order valence-electron chi connectivity index (χ1n) is 16.0. The summed E-state index contributed by atoms with van der Waals surface area (Å²) in [6.45, 7) is 10.3. The molecule has 2 aromatic carbocycles. The van der Waals surface area contributed by atoms with Crippen LogP contribution in [-0.2, 0) is 25.7 Å². The topological polar surface area (TPSA) is 126 Å². The fourth-order valence-electron chi connectivity index (χ4n) is 5.87. The number of ketones is 1. The van der Waals surface area contributed by atoms with E-state index in [1.54, 1.807) is 39.1 Å². The number of anilines is 2. The minimum Gasteiger partial charge on any atom is -0.459 e. The largest absolute Gasteiger partial charge is 0.459 e. The van der Waals surface area contributed by atoms with E-state index in [1.807, 2.05) is 51.1 Å². The molecule has 3 aromatic rings. The van der Waals surface area contributed by atoms with Crippen molar-refractivity contribution in [3.8, 4) is 0 Å². The Morgan fingerprint density at radius 2 is 1.63 bits per heavy atom. The third-order valence-electron chi connectivity index (χ3n) is 8.23. The molecule has 1 aliphatic carbocycles. The first kappa shape index (κ1) is 32.8. The van der Waals surface area contributed by atoms with Crippen LogP contribution in [0.15, 0.2) is 53.8 Å². The highest BCUT2D eigenvalue weighted by atomic mass is 16.6. The Morgan fingerprint density at radius 1 is 0.913 bits per heavy atom. The number of carbonyl (C=O) groups is 4. The Bertz CT molecular complexity index is 1670. The van der Waals surface area contributed by atoms with Crippen molar-refractivity contribution in [2.24, 2.45) is 16.4 Å². The van der Waals surface area contributed by atoms with Gasteiger partial charge in [0.25, 0.3) is 0 Å². The predicted molar refractivity (Wildman–Crippen MR) is 178 cm³/mol. The summed E-state index contributed by atoms with van der Waals surface area (Å²) in [7, 11) is 0. The van der Waals surface area contributed by atoms with Crippen molar-refractivity contribution in [2.75, 3.05) is 23.3 Å². The molecular formula is C35H44N6O5. The van der Waals surface area contributed by atoms with Crippen LogP contribution in [0.4, 0.5) is 16.2 Å². The van der Waals surface area contributed by atoms with E-state index in [2.05, 4.69) is 10.4 Å². The van der Waals surface area contributed by atoms with E-state index in [9.17, 15) is 19.2 Å². The first-order chi connectivity index (χ1) is 21.7. The van der Waals surface area contributed by atoms with E-state index in [4.69, 9.17) is 9.84 Å². The van der Waals surface area contributed by atoms with Gasteiger partial charge >= 0.3 is 12.0 Å². The lowest BCUT2D eigenvalue weighted by Gasteiger charge is -2.28. The summed E-state index contributed by atoms with van der Waals surface area (Å²) in [5.74, 6) is -0.846.